The number of amides is 2. The molecule has 0 aliphatic rings. The second-order valence-electron chi connectivity index (χ2n) is 12.1. The van der Waals surface area contributed by atoms with Crippen LogP contribution in [0.3, 0.4) is 0 Å². The molecule has 0 saturated carbocycles. The van der Waals surface area contributed by atoms with Crippen molar-refractivity contribution >= 4 is 27.5 Å². The van der Waals surface area contributed by atoms with Crippen LogP contribution in [0.25, 0.3) is 0 Å². The molecule has 0 heterocycles. The van der Waals surface area contributed by atoms with Crippen LogP contribution in [0.2, 0.25) is 0 Å². The number of methoxy groups -OCH3 is 1. The van der Waals surface area contributed by atoms with Crippen LogP contribution < -0.4 is 14.4 Å². The van der Waals surface area contributed by atoms with E-state index < -0.39 is 45.8 Å². The molecular formula is C36H40FN3O5S. The summed E-state index contributed by atoms with van der Waals surface area (Å²) in [5.41, 5.74) is 1.70. The summed E-state index contributed by atoms with van der Waals surface area (Å²) in [6, 6.07) is 26.8. The number of rotatable bonds is 12. The van der Waals surface area contributed by atoms with Crippen LogP contribution in [0.15, 0.2) is 108 Å². The molecule has 0 radical (unpaired) electrons. The third-order valence-electron chi connectivity index (χ3n) is 7.25. The standard InChI is InChI=1S/C36H40FN3O5S/c1-26-16-21-33(45-5)31(22-26)40(46(43,44)30-14-10-7-11-15-30)25-34(41)39(24-28-17-19-29(37)20-18-28)32(35(42)38-36(2,3)4)23-27-12-8-6-9-13-27/h6-22,32H,23-25H2,1-5H3,(H,38,42). The van der Waals surface area contributed by atoms with E-state index in [4.69, 9.17) is 4.74 Å². The summed E-state index contributed by atoms with van der Waals surface area (Å²) in [4.78, 5) is 29.9. The van der Waals surface area contributed by atoms with Crippen LogP contribution in [0, 0.1) is 12.7 Å². The lowest BCUT2D eigenvalue weighted by Gasteiger charge is -2.35. The molecule has 2 amide bonds. The van der Waals surface area contributed by atoms with Gasteiger partial charge in [-0.2, -0.15) is 0 Å². The predicted octanol–water partition coefficient (Wildman–Crippen LogP) is 5.89. The lowest BCUT2D eigenvalue weighted by atomic mass is 10.0. The molecule has 0 aliphatic carbocycles. The average molecular weight is 646 g/mol. The van der Waals surface area contributed by atoms with Gasteiger partial charge in [0, 0.05) is 18.5 Å². The lowest BCUT2D eigenvalue weighted by molar-refractivity contribution is -0.140. The Morgan fingerprint density at radius 1 is 0.870 bits per heavy atom. The third kappa shape index (κ3) is 8.72. The van der Waals surface area contributed by atoms with Gasteiger partial charge >= 0.3 is 0 Å². The molecule has 0 aromatic heterocycles. The van der Waals surface area contributed by atoms with Crippen molar-refractivity contribution in [2.24, 2.45) is 0 Å². The minimum absolute atomic E-state index is 0.0113. The van der Waals surface area contributed by atoms with Crippen molar-refractivity contribution in [3.63, 3.8) is 0 Å². The highest BCUT2D eigenvalue weighted by Crippen LogP contribution is 2.34. The Hall–Kier alpha value is -4.70. The maximum atomic E-state index is 14.6. The fourth-order valence-corrected chi connectivity index (χ4v) is 6.46. The molecule has 0 aliphatic heterocycles. The molecule has 0 fully saturated rings. The number of ether oxygens (including phenoxy) is 1. The summed E-state index contributed by atoms with van der Waals surface area (Å²) in [6.07, 6.45) is 0.162. The van der Waals surface area contributed by atoms with E-state index in [9.17, 15) is 22.4 Å². The van der Waals surface area contributed by atoms with E-state index in [-0.39, 0.29) is 29.3 Å². The van der Waals surface area contributed by atoms with Crippen LogP contribution in [-0.4, -0.2) is 50.4 Å². The summed E-state index contributed by atoms with van der Waals surface area (Å²) >= 11 is 0. The SMILES string of the molecule is COc1ccc(C)cc1N(CC(=O)N(Cc1ccc(F)cc1)C(Cc1ccccc1)C(=O)NC(C)(C)C)S(=O)(=O)c1ccccc1. The Bertz CT molecular complexity index is 1740. The summed E-state index contributed by atoms with van der Waals surface area (Å²) in [6.45, 7) is 6.63. The molecule has 4 aromatic carbocycles. The minimum Gasteiger partial charge on any atom is -0.495 e. The van der Waals surface area contributed by atoms with Crippen molar-refractivity contribution < 1.29 is 27.1 Å². The first-order valence-corrected chi connectivity index (χ1v) is 16.3. The Kier molecular flexibility index (Phi) is 10.8. The number of benzene rings is 4. The van der Waals surface area contributed by atoms with Gasteiger partial charge in [-0.25, -0.2) is 12.8 Å². The van der Waals surface area contributed by atoms with Crippen molar-refractivity contribution in [3.8, 4) is 5.75 Å². The molecule has 46 heavy (non-hydrogen) atoms. The van der Waals surface area contributed by atoms with E-state index in [1.54, 1.807) is 48.5 Å². The van der Waals surface area contributed by atoms with Gasteiger partial charge in [-0.15, -0.1) is 0 Å². The Morgan fingerprint density at radius 3 is 2.07 bits per heavy atom. The zero-order valence-corrected chi connectivity index (χ0v) is 27.6. The van der Waals surface area contributed by atoms with Crippen LogP contribution >= 0.6 is 0 Å². The average Bonchev–Trinajstić information content (AvgIpc) is 3.02. The van der Waals surface area contributed by atoms with Gasteiger partial charge in [-0.1, -0.05) is 66.7 Å². The zero-order valence-electron chi connectivity index (χ0n) is 26.7. The van der Waals surface area contributed by atoms with E-state index in [0.717, 1.165) is 15.4 Å². The second-order valence-corrected chi connectivity index (χ2v) is 14.0. The Labute approximate surface area is 270 Å². The number of hydrogen-bond acceptors (Lipinski definition) is 5. The van der Waals surface area contributed by atoms with E-state index in [2.05, 4.69) is 5.32 Å². The zero-order chi connectivity index (χ0) is 33.5. The van der Waals surface area contributed by atoms with Gasteiger partial charge in [0.1, 0.15) is 24.2 Å². The molecule has 4 aromatic rings. The first-order valence-electron chi connectivity index (χ1n) is 14.9. The Morgan fingerprint density at radius 2 is 1.48 bits per heavy atom. The predicted molar refractivity (Wildman–Crippen MR) is 177 cm³/mol. The highest BCUT2D eigenvalue weighted by atomic mass is 32.2. The van der Waals surface area contributed by atoms with Gasteiger partial charge in [-0.3, -0.25) is 13.9 Å². The highest BCUT2D eigenvalue weighted by molar-refractivity contribution is 7.92. The smallest absolute Gasteiger partial charge is 0.264 e. The number of sulfonamides is 1. The minimum atomic E-state index is -4.29. The van der Waals surface area contributed by atoms with E-state index in [0.29, 0.717) is 5.56 Å². The third-order valence-corrected chi connectivity index (χ3v) is 9.02. The fraction of sp³-hybridized carbons (Fsp3) is 0.278. The number of anilines is 1. The monoisotopic (exact) mass is 645 g/mol. The number of aryl methyl sites for hydroxylation is 1. The van der Waals surface area contributed by atoms with Crippen molar-refractivity contribution in [2.75, 3.05) is 18.0 Å². The summed E-state index contributed by atoms with van der Waals surface area (Å²) in [5.74, 6) is -1.22. The van der Waals surface area contributed by atoms with Gasteiger partial charge in [-0.05, 0) is 80.8 Å². The maximum Gasteiger partial charge on any atom is 0.264 e. The number of nitrogens with zero attached hydrogens (tertiary/aromatic N) is 2. The largest absolute Gasteiger partial charge is 0.495 e. The molecule has 0 bridgehead atoms. The molecule has 242 valence electrons. The normalized spacial score (nSPS) is 12.2. The number of nitrogens with one attached hydrogen (secondary N) is 1. The summed E-state index contributed by atoms with van der Waals surface area (Å²) in [7, 11) is -2.86. The lowest BCUT2D eigenvalue weighted by Crippen LogP contribution is -2.56. The molecule has 10 heteroatoms. The molecular weight excluding hydrogens is 605 g/mol. The van der Waals surface area contributed by atoms with Crippen molar-refractivity contribution in [3.05, 3.63) is 126 Å². The summed E-state index contributed by atoms with van der Waals surface area (Å²) in [5, 5.41) is 2.99. The number of carbonyl (C=O) groups is 2. The fourth-order valence-electron chi connectivity index (χ4n) is 5.02. The van der Waals surface area contributed by atoms with Crippen LogP contribution in [0.5, 0.6) is 5.75 Å². The van der Waals surface area contributed by atoms with E-state index in [1.165, 1.54) is 36.3 Å². The van der Waals surface area contributed by atoms with Gasteiger partial charge in [0.2, 0.25) is 11.8 Å². The second kappa shape index (κ2) is 14.6. The van der Waals surface area contributed by atoms with Crippen molar-refractivity contribution in [1.82, 2.24) is 10.2 Å². The summed E-state index contributed by atoms with van der Waals surface area (Å²) < 4.78 is 48.9. The maximum absolute atomic E-state index is 14.6. The number of carbonyl (C=O) groups excluding carboxylic acids is 2. The van der Waals surface area contributed by atoms with Gasteiger partial charge in [0.15, 0.2) is 0 Å². The van der Waals surface area contributed by atoms with Crippen LogP contribution in [0.4, 0.5) is 10.1 Å². The van der Waals surface area contributed by atoms with Crippen LogP contribution in [0.1, 0.15) is 37.5 Å². The molecule has 1 atom stereocenters. The Balaban J connectivity index is 1.85. The number of halogens is 1. The van der Waals surface area contributed by atoms with Gasteiger partial charge < -0.3 is 15.0 Å². The van der Waals surface area contributed by atoms with Gasteiger partial charge in [0.05, 0.1) is 17.7 Å². The van der Waals surface area contributed by atoms with Crippen molar-refractivity contribution in [1.29, 1.82) is 0 Å². The van der Waals surface area contributed by atoms with Gasteiger partial charge in [0.25, 0.3) is 10.0 Å². The number of hydrogen-bond donors (Lipinski definition) is 1. The van der Waals surface area contributed by atoms with E-state index >= 15 is 0 Å². The van der Waals surface area contributed by atoms with Crippen LogP contribution in [-0.2, 0) is 32.6 Å². The highest BCUT2D eigenvalue weighted by Gasteiger charge is 2.36. The van der Waals surface area contributed by atoms with E-state index in [1.807, 2.05) is 58.0 Å². The molecule has 0 spiro atoms. The topological polar surface area (TPSA) is 96.0 Å². The quantitative estimate of drug-likeness (QED) is 0.207. The molecule has 4 rings (SSSR count). The first-order chi connectivity index (χ1) is 21.8. The molecule has 0 saturated heterocycles. The van der Waals surface area contributed by atoms with Crippen molar-refractivity contribution in [2.45, 2.75) is 57.1 Å². The molecule has 1 unspecified atom stereocenters. The molecule has 1 N–H and O–H groups in total. The first kappa shape index (κ1) is 34.2. The molecule has 8 nitrogen and oxygen atoms in total.